The summed E-state index contributed by atoms with van der Waals surface area (Å²) >= 11 is 0. The van der Waals surface area contributed by atoms with Gasteiger partial charge in [-0.3, -0.25) is 14.9 Å². The molecule has 1 saturated heterocycles. The Hall–Kier alpha value is -2.18. The first-order valence-electron chi connectivity index (χ1n) is 6.84. The molecule has 0 aliphatic carbocycles. The summed E-state index contributed by atoms with van der Waals surface area (Å²) < 4.78 is 13.9. The Kier molecular flexibility index (Phi) is 4.11. The Morgan fingerprint density at radius 1 is 1.52 bits per heavy atom. The van der Waals surface area contributed by atoms with Crippen molar-refractivity contribution in [2.75, 3.05) is 18.8 Å². The number of carbonyl (C=O) groups is 1. The number of nitro benzene ring substituents is 1. The van der Waals surface area contributed by atoms with Crippen LogP contribution in [0, 0.1) is 27.8 Å². The lowest BCUT2D eigenvalue weighted by atomic mass is 9.95. The quantitative estimate of drug-likeness (QED) is 0.527. The molecule has 1 amide bonds. The van der Waals surface area contributed by atoms with Crippen LogP contribution in [0.3, 0.4) is 0 Å². The zero-order chi connectivity index (χ0) is 15.7. The van der Waals surface area contributed by atoms with E-state index in [1.807, 2.05) is 0 Å². The van der Waals surface area contributed by atoms with Gasteiger partial charge in [0.15, 0.2) is 0 Å². The molecule has 2 N–H and O–H groups in total. The van der Waals surface area contributed by atoms with Gasteiger partial charge in [-0.05, 0) is 24.3 Å². The van der Waals surface area contributed by atoms with E-state index >= 15 is 0 Å². The van der Waals surface area contributed by atoms with E-state index in [1.54, 1.807) is 0 Å². The van der Waals surface area contributed by atoms with Crippen molar-refractivity contribution in [1.82, 2.24) is 4.90 Å². The van der Waals surface area contributed by atoms with Gasteiger partial charge in [0.1, 0.15) is 17.1 Å². The summed E-state index contributed by atoms with van der Waals surface area (Å²) in [4.78, 5) is 24.1. The van der Waals surface area contributed by atoms with Crippen LogP contribution in [0.5, 0.6) is 0 Å². The maximum atomic E-state index is 13.9. The average Bonchev–Trinajstić information content (AvgIpc) is 2.87. The molecule has 7 heteroatoms. The van der Waals surface area contributed by atoms with Gasteiger partial charge in [0.05, 0.1) is 4.92 Å². The number of rotatable bonds is 3. The van der Waals surface area contributed by atoms with Crippen LogP contribution in [0.1, 0.15) is 30.6 Å². The average molecular weight is 295 g/mol. The summed E-state index contributed by atoms with van der Waals surface area (Å²) in [6.07, 6.45) is 0.847. The van der Waals surface area contributed by atoms with Crippen LogP contribution in [0.2, 0.25) is 0 Å². The van der Waals surface area contributed by atoms with Crippen molar-refractivity contribution < 1.29 is 14.1 Å². The minimum atomic E-state index is -0.823. The number of hydrogen-bond donors (Lipinski definition) is 1. The van der Waals surface area contributed by atoms with Gasteiger partial charge >= 0.3 is 0 Å². The number of anilines is 1. The zero-order valence-electron chi connectivity index (χ0n) is 12.0. The van der Waals surface area contributed by atoms with Gasteiger partial charge in [0, 0.05) is 19.2 Å². The molecule has 1 aliphatic rings. The summed E-state index contributed by atoms with van der Waals surface area (Å²) in [6, 6.07) is 1.89. The molecule has 114 valence electrons. The third kappa shape index (κ3) is 2.81. The number of nitro groups is 1. The maximum Gasteiger partial charge on any atom is 0.293 e. The number of nitrogen functional groups attached to an aromatic ring is 1. The molecule has 21 heavy (non-hydrogen) atoms. The topological polar surface area (TPSA) is 89.5 Å². The number of nitrogens with two attached hydrogens (primary N) is 1. The predicted octanol–water partition coefficient (Wildman–Crippen LogP) is 2.43. The lowest BCUT2D eigenvalue weighted by Gasteiger charge is -2.19. The molecule has 1 heterocycles. The van der Waals surface area contributed by atoms with Crippen LogP contribution in [-0.4, -0.2) is 28.8 Å². The molecular weight excluding hydrogens is 277 g/mol. The van der Waals surface area contributed by atoms with Crippen molar-refractivity contribution >= 4 is 17.3 Å². The Labute approximate surface area is 121 Å². The first-order chi connectivity index (χ1) is 9.82. The van der Waals surface area contributed by atoms with E-state index in [2.05, 4.69) is 13.8 Å². The molecule has 2 rings (SSSR count). The second-order valence-corrected chi connectivity index (χ2v) is 5.66. The predicted molar refractivity (Wildman–Crippen MR) is 76.3 cm³/mol. The van der Waals surface area contributed by atoms with Crippen molar-refractivity contribution in [2.45, 2.75) is 20.3 Å². The third-order valence-electron chi connectivity index (χ3n) is 4.04. The number of likely N-dealkylation sites (tertiary alicyclic amines) is 1. The zero-order valence-corrected chi connectivity index (χ0v) is 12.0. The molecule has 1 unspecified atom stereocenters. The van der Waals surface area contributed by atoms with Crippen LogP contribution >= 0.6 is 0 Å². The number of hydrogen-bond acceptors (Lipinski definition) is 4. The molecule has 0 saturated carbocycles. The van der Waals surface area contributed by atoms with Gasteiger partial charge < -0.3 is 10.6 Å². The van der Waals surface area contributed by atoms with E-state index in [0.717, 1.165) is 18.6 Å². The van der Waals surface area contributed by atoms with Crippen molar-refractivity contribution in [2.24, 2.45) is 11.8 Å². The molecule has 0 bridgehead atoms. The monoisotopic (exact) mass is 295 g/mol. The standard InChI is InChI=1S/C14H18FN3O3/c1-8(2)9-5-6-17(7-9)14(19)12-10(15)3-4-11(13(12)16)18(20)21/h3-4,8-9H,5-7,16H2,1-2H3. The Balaban J connectivity index is 2.32. The van der Waals surface area contributed by atoms with Gasteiger partial charge in [-0.15, -0.1) is 0 Å². The summed E-state index contributed by atoms with van der Waals surface area (Å²) in [5.41, 5.74) is 4.37. The SMILES string of the molecule is CC(C)C1CCN(C(=O)c2c(F)ccc([N+](=O)[O-])c2N)C1. The minimum absolute atomic E-state index is 0.358. The third-order valence-corrected chi connectivity index (χ3v) is 4.04. The Morgan fingerprint density at radius 2 is 2.19 bits per heavy atom. The first-order valence-corrected chi connectivity index (χ1v) is 6.84. The number of nitrogens with zero attached hydrogens (tertiary/aromatic N) is 2. The van der Waals surface area contributed by atoms with Crippen LogP contribution in [0.4, 0.5) is 15.8 Å². The van der Waals surface area contributed by atoms with E-state index in [1.165, 1.54) is 4.90 Å². The highest BCUT2D eigenvalue weighted by Crippen LogP contribution is 2.31. The fourth-order valence-electron chi connectivity index (χ4n) is 2.63. The lowest BCUT2D eigenvalue weighted by molar-refractivity contribution is -0.384. The molecule has 0 radical (unpaired) electrons. The highest BCUT2D eigenvalue weighted by molar-refractivity contribution is 6.01. The lowest BCUT2D eigenvalue weighted by Crippen LogP contribution is -2.31. The molecule has 1 aromatic rings. The first kappa shape index (κ1) is 15.2. The summed E-state index contributed by atoms with van der Waals surface area (Å²) in [5, 5.41) is 10.8. The normalized spacial score (nSPS) is 18.3. The molecule has 0 spiro atoms. The van der Waals surface area contributed by atoms with Crippen LogP contribution in [0.15, 0.2) is 12.1 Å². The van der Waals surface area contributed by atoms with E-state index in [-0.39, 0.29) is 0 Å². The highest BCUT2D eigenvalue weighted by atomic mass is 19.1. The molecule has 1 aromatic carbocycles. The van der Waals surface area contributed by atoms with E-state index in [4.69, 9.17) is 5.73 Å². The molecule has 0 aromatic heterocycles. The molecule has 1 fully saturated rings. The number of benzene rings is 1. The molecular formula is C14H18FN3O3. The fraction of sp³-hybridized carbons (Fsp3) is 0.500. The minimum Gasteiger partial charge on any atom is -0.392 e. The number of carbonyl (C=O) groups excluding carboxylic acids is 1. The molecule has 1 aliphatic heterocycles. The van der Waals surface area contributed by atoms with Crippen LogP contribution in [-0.2, 0) is 0 Å². The summed E-state index contributed by atoms with van der Waals surface area (Å²) in [7, 11) is 0. The second-order valence-electron chi connectivity index (χ2n) is 5.66. The van der Waals surface area contributed by atoms with Gasteiger partial charge in [0.2, 0.25) is 0 Å². The molecule has 1 atom stereocenters. The maximum absolute atomic E-state index is 13.9. The largest absolute Gasteiger partial charge is 0.392 e. The van der Waals surface area contributed by atoms with Gasteiger partial charge in [-0.1, -0.05) is 13.8 Å². The van der Waals surface area contributed by atoms with Crippen molar-refractivity contribution in [1.29, 1.82) is 0 Å². The van der Waals surface area contributed by atoms with Crippen molar-refractivity contribution in [3.8, 4) is 0 Å². The van der Waals surface area contributed by atoms with Gasteiger partial charge in [-0.25, -0.2) is 4.39 Å². The van der Waals surface area contributed by atoms with Crippen LogP contribution < -0.4 is 5.73 Å². The highest BCUT2D eigenvalue weighted by Gasteiger charge is 2.32. The summed E-state index contributed by atoms with van der Waals surface area (Å²) in [5.74, 6) is -0.611. The van der Waals surface area contributed by atoms with E-state index in [9.17, 15) is 19.3 Å². The fourth-order valence-corrected chi connectivity index (χ4v) is 2.63. The van der Waals surface area contributed by atoms with E-state index < -0.39 is 33.6 Å². The molecule has 6 nitrogen and oxygen atoms in total. The second kappa shape index (κ2) is 5.67. The van der Waals surface area contributed by atoms with E-state index in [0.29, 0.717) is 24.9 Å². The Bertz CT molecular complexity index is 589. The van der Waals surface area contributed by atoms with Gasteiger partial charge in [0.25, 0.3) is 11.6 Å². The summed E-state index contributed by atoms with van der Waals surface area (Å²) in [6.45, 7) is 5.18. The number of halogens is 1. The Morgan fingerprint density at radius 3 is 2.71 bits per heavy atom. The van der Waals surface area contributed by atoms with Crippen molar-refractivity contribution in [3.05, 3.63) is 33.6 Å². The number of amides is 1. The smallest absolute Gasteiger partial charge is 0.293 e. The van der Waals surface area contributed by atoms with Crippen molar-refractivity contribution in [3.63, 3.8) is 0 Å². The van der Waals surface area contributed by atoms with Gasteiger partial charge in [-0.2, -0.15) is 0 Å². The van der Waals surface area contributed by atoms with Crippen LogP contribution in [0.25, 0.3) is 0 Å².